The number of rotatable bonds is 6. The summed E-state index contributed by atoms with van der Waals surface area (Å²) < 4.78 is 4.28. The van der Waals surface area contributed by atoms with E-state index >= 15 is 0 Å². The van der Waals surface area contributed by atoms with Crippen molar-refractivity contribution in [3.8, 4) is 55.9 Å². The van der Waals surface area contributed by atoms with Crippen LogP contribution in [0.5, 0.6) is 0 Å². The van der Waals surface area contributed by atoms with Crippen LogP contribution in [0.3, 0.4) is 0 Å². The lowest BCUT2D eigenvalue weighted by molar-refractivity contribution is 1.18. The Morgan fingerprint density at radius 1 is 0.284 bits per heavy atom. The highest BCUT2D eigenvalue weighted by Crippen LogP contribution is 2.41. The largest absolute Gasteiger partial charge is 0.311 e. The van der Waals surface area contributed by atoms with Gasteiger partial charge in [-0.15, -0.1) is 10.9 Å². The SMILES string of the molecule is [B]c1c([B])c([B])c2c(c1[B])c1c([B])c(-c3ccc4c(c3)c3c(-c5ccccc5)cccc3n4-c3cccc(-c4ccccc4)c3)c([B])c([B])c1n2-c1ccc(-c2cccc3ccccc23)cc1. The Kier molecular flexibility index (Phi) is 9.69. The summed E-state index contributed by atoms with van der Waals surface area (Å²) in [5, 5.41) is 5.55. The Morgan fingerprint density at radius 2 is 0.851 bits per heavy atom. The van der Waals surface area contributed by atoms with Gasteiger partial charge in [0.1, 0.15) is 54.9 Å². The number of nitrogens with zero attached hydrogens (tertiary/aromatic N) is 2. The lowest BCUT2D eigenvalue weighted by atomic mass is 9.64. The Bertz CT molecular complexity index is 3980. The van der Waals surface area contributed by atoms with E-state index in [0.717, 1.165) is 82.9 Å². The average Bonchev–Trinajstić information content (AvgIpc) is 3.92. The average molecular weight is 832 g/mol. The molecule has 0 aliphatic carbocycles. The van der Waals surface area contributed by atoms with Crippen LogP contribution in [0.1, 0.15) is 0 Å². The topological polar surface area (TPSA) is 9.86 Å². The molecule has 0 unspecified atom stereocenters. The van der Waals surface area contributed by atoms with Crippen LogP contribution < -0.4 is 38.2 Å². The number of benzene rings is 10. The van der Waals surface area contributed by atoms with Crippen molar-refractivity contribution in [1.82, 2.24) is 9.13 Å². The molecule has 2 nitrogen and oxygen atoms in total. The van der Waals surface area contributed by atoms with Crippen LogP contribution in [0.25, 0.3) is 110 Å². The van der Waals surface area contributed by atoms with Crippen molar-refractivity contribution in [3.63, 3.8) is 0 Å². The highest BCUT2D eigenvalue weighted by Gasteiger charge is 2.25. The predicted molar refractivity (Wildman–Crippen MR) is 292 cm³/mol. The van der Waals surface area contributed by atoms with E-state index in [0.29, 0.717) is 43.8 Å². The summed E-state index contributed by atoms with van der Waals surface area (Å²) in [6, 6.07) is 65.3. The molecule has 12 aromatic rings. The van der Waals surface area contributed by atoms with Gasteiger partial charge in [-0.1, -0.05) is 173 Å². The van der Waals surface area contributed by atoms with E-state index in [1.54, 1.807) is 0 Å². The second-order valence-electron chi connectivity index (χ2n) is 17.2. The summed E-state index contributed by atoms with van der Waals surface area (Å²) in [6.07, 6.45) is 0. The van der Waals surface area contributed by atoms with Gasteiger partial charge >= 0.3 is 0 Å². The molecule has 0 bridgehead atoms. The van der Waals surface area contributed by atoms with Gasteiger partial charge in [-0.3, -0.25) is 0 Å². The summed E-state index contributed by atoms with van der Waals surface area (Å²) in [7, 11) is 49.1. The molecule has 9 heteroatoms. The first-order chi connectivity index (χ1) is 32.7. The van der Waals surface area contributed by atoms with Crippen LogP contribution >= 0.6 is 0 Å². The second-order valence-corrected chi connectivity index (χ2v) is 17.2. The van der Waals surface area contributed by atoms with Crippen molar-refractivity contribution in [3.05, 3.63) is 188 Å². The van der Waals surface area contributed by atoms with Crippen LogP contribution in [0.4, 0.5) is 0 Å². The summed E-state index contributed by atoms with van der Waals surface area (Å²) in [5.41, 5.74) is 14.8. The van der Waals surface area contributed by atoms with E-state index in [-0.39, 0.29) is 21.9 Å². The number of fused-ring (bicyclic) bond motifs is 7. The third-order valence-corrected chi connectivity index (χ3v) is 13.5. The molecule has 0 spiro atoms. The molecule has 2 aromatic heterocycles. The Balaban J connectivity index is 1.11. The summed E-state index contributed by atoms with van der Waals surface area (Å²) in [5.74, 6) is 0. The fourth-order valence-corrected chi connectivity index (χ4v) is 10.3. The fourth-order valence-electron chi connectivity index (χ4n) is 10.3. The second kappa shape index (κ2) is 15.8. The molecule has 0 aliphatic rings. The molecule has 10 aromatic carbocycles. The molecule has 0 N–H and O–H groups in total. The molecule has 0 amide bonds. The zero-order valence-electron chi connectivity index (χ0n) is 36.3. The van der Waals surface area contributed by atoms with Crippen molar-refractivity contribution in [2.75, 3.05) is 0 Å². The van der Waals surface area contributed by atoms with Crippen LogP contribution in [-0.2, 0) is 0 Å². The highest BCUT2D eigenvalue weighted by molar-refractivity contribution is 6.69. The molecule has 0 atom stereocenters. The van der Waals surface area contributed by atoms with Crippen molar-refractivity contribution in [1.29, 1.82) is 0 Å². The maximum Gasteiger partial charge on any atom is 0.115 e. The van der Waals surface area contributed by atoms with Gasteiger partial charge < -0.3 is 9.13 Å². The molecule has 67 heavy (non-hydrogen) atoms. The summed E-state index contributed by atoms with van der Waals surface area (Å²) in [4.78, 5) is 0. The minimum absolute atomic E-state index is 0.172. The predicted octanol–water partition coefficient (Wildman–Crippen LogP) is 7.26. The van der Waals surface area contributed by atoms with Gasteiger partial charge in [-0.05, 0) is 103 Å². The van der Waals surface area contributed by atoms with E-state index < -0.39 is 0 Å². The van der Waals surface area contributed by atoms with E-state index in [4.69, 9.17) is 54.9 Å². The van der Waals surface area contributed by atoms with Crippen LogP contribution in [0.2, 0.25) is 0 Å². The first-order valence-corrected chi connectivity index (χ1v) is 22.1. The van der Waals surface area contributed by atoms with Crippen molar-refractivity contribution in [2.24, 2.45) is 0 Å². The van der Waals surface area contributed by atoms with Crippen molar-refractivity contribution < 1.29 is 0 Å². The maximum atomic E-state index is 7.46. The minimum atomic E-state index is 0.172. The maximum absolute atomic E-state index is 7.46. The highest BCUT2D eigenvalue weighted by atomic mass is 15.0. The summed E-state index contributed by atoms with van der Waals surface area (Å²) >= 11 is 0. The van der Waals surface area contributed by atoms with E-state index in [1.807, 2.05) is 34.9 Å². The molecule has 14 radical (unpaired) electrons. The molecular formula is C58H31B7N2. The van der Waals surface area contributed by atoms with E-state index in [2.05, 4.69) is 162 Å². The van der Waals surface area contributed by atoms with E-state index in [1.165, 1.54) is 0 Å². The Hall–Kier alpha value is -7.49. The van der Waals surface area contributed by atoms with Crippen molar-refractivity contribution in [2.45, 2.75) is 0 Å². The Labute approximate surface area is 398 Å². The quantitative estimate of drug-likeness (QED) is 0.156. The number of aromatic nitrogens is 2. The van der Waals surface area contributed by atoms with Gasteiger partial charge in [0.05, 0.1) is 11.0 Å². The minimum Gasteiger partial charge on any atom is -0.311 e. The number of hydrogen-bond acceptors (Lipinski definition) is 0. The fraction of sp³-hybridized carbons (Fsp3) is 0. The monoisotopic (exact) mass is 832 g/mol. The molecule has 0 fully saturated rings. The molecular weight excluding hydrogens is 800 g/mol. The van der Waals surface area contributed by atoms with Gasteiger partial charge in [0.15, 0.2) is 0 Å². The number of hydrogen-bond donors (Lipinski definition) is 0. The third kappa shape index (κ3) is 6.28. The third-order valence-electron chi connectivity index (χ3n) is 13.5. The van der Waals surface area contributed by atoms with Gasteiger partial charge in [0, 0.05) is 38.6 Å². The van der Waals surface area contributed by atoms with E-state index in [9.17, 15) is 0 Å². The molecule has 294 valence electrons. The van der Waals surface area contributed by atoms with Crippen LogP contribution in [0, 0.1) is 0 Å². The zero-order chi connectivity index (χ0) is 45.7. The first kappa shape index (κ1) is 41.0. The molecule has 2 heterocycles. The normalized spacial score (nSPS) is 11.7. The molecule has 0 saturated carbocycles. The standard InChI is InChI=1S/C58H31B7N2/c59-50-46(37-26-29-44-43(31-37)47-42(34-14-5-2-6-15-34)22-11-23-45(47)66(44)39-19-9-18-36(30-39)32-12-3-1-4-13-32)51(60)55(64)57-48(50)49-52(61)53(62)54(63)56(65)58(49)67(57)38-27-24-35(25-28-38)41-21-10-17-33-16-7-8-20-40(33)41/h1-31H. The van der Waals surface area contributed by atoms with Gasteiger partial charge in [-0.2, -0.15) is 0 Å². The molecule has 0 aliphatic heterocycles. The lowest BCUT2D eigenvalue weighted by Crippen LogP contribution is -2.48. The zero-order valence-corrected chi connectivity index (χ0v) is 36.3. The first-order valence-electron chi connectivity index (χ1n) is 22.1. The summed E-state index contributed by atoms with van der Waals surface area (Å²) in [6.45, 7) is 0. The molecule has 12 rings (SSSR count). The van der Waals surface area contributed by atoms with Crippen LogP contribution in [-0.4, -0.2) is 64.1 Å². The smallest absolute Gasteiger partial charge is 0.115 e. The van der Waals surface area contributed by atoms with Gasteiger partial charge in [0.25, 0.3) is 0 Å². The van der Waals surface area contributed by atoms with Crippen LogP contribution in [0.15, 0.2) is 188 Å². The molecule has 0 saturated heterocycles. The van der Waals surface area contributed by atoms with Crippen molar-refractivity contribution >= 4 is 148 Å². The van der Waals surface area contributed by atoms with Gasteiger partial charge in [-0.25, -0.2) is 0 Å². The van der Waals surface area contributed by atoms with Gasteiger partial charge in [0.2, 0.25) is 0 Å². The Morgan fingerprint density at radius 3 is 1.61 bits per heavy atom. The lowest BCUT2D eigenvalue weighted by Gasteiger charge is -2.19.